The summed E-state index contributed by atoms with van der Waals surface area (Å²) in [5, 5.41) is 5.48. The number of thiophene rings is 1. The van der Waals surface area contributed by atoms with Crippen LogP contribution >= 0.6 is 11.3 Å². The maximum Gasteiger partial charge on any atom is 0.0562 e. The van der Waals surface area contributed by atoms with E-state index in [0.717, 1.165) is 0 Å². The molecule has 9 aromatic rings. The minimum absolute atomic E-state index is 0.0699. The summed E-state index contributed by atoms with van der Waals surface area (Å²) in [6.45, 7) is 8.77. The second-order valence-corrected chi connectivity index (χ2v) is 15.9. The Hall–Kier alpha value is -5.38. The molecule has 3 aliphatic carbocycles. The van der Waals surface area contributed by atoms with Gasteiger partial charge < -0.3 is 9.13 Å². The predicted octanol–water partition coefficient (Wildman–Crippen LogP) is 13.5. The molecule has 3 heteroatoms. The Morgan fingerprint density at radius 2 is 1.31 bits per heavy atom. The monoisotopic (exact) mass is 674 g/mol. The molecule has 0 N–H and O–H groups in total. The molecule has 1 fully saturated rings. The molecule has 3 aliphatic rings. The molecular weight excluding hydrogens is 637 g/mol. The Balaban J connectivity index is 0.00000153. The van der Waals surface area contributed by atoms with E-state index in [9.17, 15) is 0 Å². The topological polar surface area (TPSA) is 9.86 Å². The highest BCUT2D eigenvalue weighted by Crippen LogP contribution is 2.67. The second-order valence-electron chi connectivity index (χ2n) is 14.8. The molecule has 3 aromatic heterocycles. The van der Waals surface area contributed by atoms with E-state index in [4.69, 9.17) is 0 Å². The number of aromatic nitrogens is 2. The summed E-state index contributed by atoms with van der Waals surface area (Å²) in [7, 11) is 0. The first-order chi connectivity index (χ1) is 25.1. The lowest BCUT2D eigenvalue weighted by molar-refractivity contribution is 0.661. The van der Waals surface area contributed by atoms with Gasteiger partial charge in [0.1, 0.15) is 0 Å². The van der Waals surface area contributed by atoms with Gasteiger partial charge in [-0.05, 0) is 94.1 Å². The minimum Gasteiger partial charge on any atom is -0.312 e. The van der Waals surface area contributed by atoms with Crippen LogP contribution in [0.5, 0.6) is 0 Å². The number of rotatable bonds is 2. The minimum atomic E-state index is -0.0699. The van der Waals surface area contributed by atoms with Crippen LogP contribution in [0.1, 0.15) is 68.3 Å². The van der Waals surface area contributed by atoms with E-state index in [-0.39, 0.29) is 5.41 Å². The molecule has 51 heavy (non-hydrogen) atoms. The summed E-state index contributed by atoms with van der Waals surface area (Å²) < 4.78 is 6.59. The van der Waals surface area contributed by atoms with E-state index in [1.807, 2.05) is 25.2 Å². The summed E-state index contributed by atoms with van der Waals surface area (Å²) in [6, 6.07) is 50.2. The molecule has 0 aliphatic heterocycles. The molecular formula is C48H38N2S. The van der Waals surface area contributed by atoms with Crippen molar-refractivity contribution in [1.29, 1.82) is 0 Å². The Morgan fingerprint density at radius 3 is 2.18 bits per heavy atom. The standard InChI is InChI=1S/C46H32N2S.C2H6/c1-46(2)34-18-9-6-15-27(34)30-23-33-39(25-35(30)46)47(26-13-4-3-5-14-26)37-20-12-21-38(42(33)37)48-36-19-10-7-16-28(36)43-44(48)32-24-31(32)41-29-17-8-11-22-40(29)49-45(41)43;1-2/h3-23,25,31-32H,24H2,1-2H3;1-2H3. The number of fused-ring (bicyclic) bond motifs is 16. The molecule has 0 spiro atoms. The van der Waals surface area contributed by atoms with Crippen LogP contribution in [0, 0.1) is 0 Å². The third kappa shape index (κ3) is 3.72. The quantitative estimate of drug-likeness (QED) is 0.173. The molecule has 1 saturated carbocycles. The number of para-hydroxylation sites is 2. The third-order valence-corrected chi connectivity index (χ3v) is 13.2. The van der Waals surface area contributed by atoms with Gasteiger partial charge in [-0.1, -0.05) is 113 Å². The Bertz CT molecular complexity index is 2900. The number of benzene rings is 6. The highest BCUT2D eigenvalue weighted by atomic mass is 32.1. The molecule has 0 amide bonds. The highest BCUT2D eigenvalue weighted by Gasteiger charge is 2.50. The fourth-order valence-electron chi connectivity index (χ4n) is 9.83. The van der Waals surface area contributed by atoms with Crippen molar-refractivity contribution in [2.45, 2.75) is 51.4 Å². The highest BCUT2D eigenvalue weighted by molar-refractivity contribution is 7.22. The summed E-state index contributed by atoms with van der Waals surface area (Å²) in [4.78, 5) is 1.49. The van der Waals surface area contributed by atoms with Crippen molar-refractivity contribution in [1.82, 2.24) is 9.13 Å². The molecule has 2 nitrogen and oxygen atoms in total. The zero-order chi connectivity index (χ0) is 34.2. The van der Waals surface area contributed by atoms with Crippen LogP contribution < -0.4 is 0 Å². The predicted molar refractivity (Wildman–Crippen MR) is 217 cm³/mol. The van der Waals surface area contributed by atoms with Gasteiger partial charge >= 0.3 is 0 Å². The largest absolute Gasteiger partial charge is 0.312 e. The van der Waals surface area contributed by atoms with Gasteiger partial charge in [-0.2, -0.15) is 0 Å². The van der Waals surface area contributed by atoms with Gasteiger partial charge in [0.2, 0.25) is 0 Å². The van der Waals surface area contributed by atoms with E-state index >= 15 is 0 Å². The zero-order valence-corrected chi connectivity index (χ0v) is 30.2. The normalized spacial score (nSPS) is 17.5. The SMILES string of the molecule is CC.CC1(C)c2ccccc2-c2cc3c4c(-n5c6c(c7ccccc75)-c5sc7ccccc7c5C5CC65)cccc4n(-c4ccccc4)c3cc21. The van der Waals surface area contributed by atoms with Crippen LogP contribution in [-0.4, -0.2) is 9.13 Å². The molecule has 2 unspecified atom stereocenters. The van der Waals surface area contributed by atoms with Crippen LogP contribution in [0.25, 0.3) is 75.7 Å². The lowest BCUT2D eigenvalue weighted by Gasteiger charge is -2.21. The van der Waals surface area contributed by atoms with Gasteiger partial charge in [0, 0.05) is 54.0 Å². The Kier molecular flexibility index (Phi) is 5.95. The van der Waals surface area contributed by atoms with Gasteiger partial charge in [0.15, 0.2) is 0 Å². The lowest BCUT2D eigenvalue weighted by Crippen LogP contribution is -2.14. The average Bonchev–Trinajstić information content (AvgIpc) is 3.50. The van der Waals surface area contributed by atoms with Crippen LogP contribution in [0.4, 0.5) is 0 Å². The van der Waals surface area contributed by atoms with Gasteiger partial charge in [-0.15, -0.1) is 11.3 Å². The number of nitrogens with zero attached hydrogens (tertiary/aromatic N) is 2. The van der Waals surface area contributed by atoms with E-state index in [2.05, 4.69) is 156 Å². The Labute approximate surface area is 302 Å². The first kappa shape index (κ1) is 29.4. The molecule has 0 radical (unpaired) electrons. The van der Waals surface area contributed by atoms with Gasteiger partial charge in [0.25, 0.3) is 0 Å². The van der Waals surface area contributed by atoms with E-state index in [1.165, 1.54) is 99.0 Å². The molecule has 3 heterocycles. The van der Waals surface area contributed by atoms with Gasteiger partial charge in [-0.3, -0.25) is 0 Å². The van der Waals surface area contributed by atoms with Crippen molar-refractivity contribution in [2.75, 3.05) is 0 Å². The van der Waals surface area contributed by atoms with Crippen molar-refractivity contribution in [3.05, 3.63) is 156 Å². The zero-order valence-electron chi connectivity index (χ0n) is 29.4. The first-order valence-electron chi connectivity index (χ1n) is 18.5. The van der Waals surface area contributed by atoms with Crippen molar-refractivity contribution in [2.24, 2.45) is 0 Å². The third-order valence-electron chi connectivity index (χ3n) is 12.0. The summed E-state index contributed by atoms with van der Waals surface area (Å²) in [5.74, 6) is 1.12. The lowest BCUT2D eigenvalue weighted by atomic mass is 9.82. The van der Waals surface area contributed by atoms with E-state index in [1.54, 1.807) is 5.56 Å². The molecule has 2 atom stereocenters. The van der Waals surface area contributed by atoms with Crippen molar-refractivity contribution >= 4 is 54.1 Å². The molecule has 12 rings (SSSR count). The first-order valence-corrected chi connectivity index (χ1v) is 19.3. The fraction of sp³-hybridized carbons (Fsp3) is 0.167. The van der Waals surface area contributed by atoms with E-state index in [0.29, 0.717) is 11.8 Å². The van der Waals surface area contributed by atoms with Crippen LogP contribution in [0.2, 0.25) is 0 Å². The second kappa shape index (κ2) is 10.3. The number of hydrogen-bond acceptors (Lipinski definition) is 1. The summed E-state index contributed by atoms with van der Waals surface area (Å²) in [5.41, 5.74) is 16.4. The van der Waals surface area contributed by atoms with Crippen molar-refractivity contribution < 1.29 is 0 Å². The van der Waals surface area contributed by atoms with Crippen molar-refractivity contribution in [3.8, 4) is 32.9 Å². The fourth-order valence-corrected chi connectivity index (χ4v) is 11.2. The van der Waals surface area contributed by atoms with Gasteiger partial charge in [-0.25, -0.2) is 0 Å². The maximum absolute atomic E-state index is 2.67. The molecule has 0 bridgehead atoms. The average molecular weight is 675 g/mol. The molecule has 6 aromatic carbocycles. The van der Waals surface area contributed by atoms with E-state index < -0.39 is 0 Å². The molecule has 246 valence electrons. The Morgan fingerprint density at radius 1 is 0.588 bits per heavy atom. The van der Waals surface area contributed by atoms with Crippen LogP contribution in [0.3, 0.4) is 0 Å². The summed E-state index contributed by atoms with van der Waals surface area (Å²) in [6.07, 6.45) is 1.22. The number of hydrogen-bond donors (Lipinski definition) is 0. The van der Waals surface area contributed by atoms with Gasteiger partial charge in [0.05, 0.1) is 22.2 Å². The summed E-state index contributed by atoms with van der Waals surface area (Å²) >= 11 is 1.99. The maximum atomic E-state index is 2.67. The van der Waals surface area contributed by atoms with Crippen molar-refractivity contribution in [3.63, 3.8) is 0 Å². The van der Waals surface area contributed by atoms with Crippen LogP contribution in [0.15, 0.2) is 133 Å². The smallest absolute Gasteiger partial charge is 0.0562 e. The molecule has 0 saturated heterocycles. The van der Waals surface area contributed by atoms with Crippen LogP contribution in [-0.2, 0) is 5.41 Å².